The third-order valence-electron chi connectivity index (χ3n) is 6.13. The standard InChI is InChI=1S/C23H26N2O5/c1-29-18-8-6-15(7-9-18)22-20-13-24(14-21(26)27)11-17(20)12-25(22)23(28)16-4-3-5-19(10-16)30-2/h3-10,17,20,22H,11-14H2,1-2H3,(H,26,27)/t17-,20-,22-/m0/s1. The number of benzene rings is 2. The number of nitrogens with zero attached hydrogens (tertiary/aromatic N) is 2. The Balaban J connectivity index is 1.65. The van der Waals surface area contributed by atoms with E-state index in [-0.39, 0.29) is 30.3 Å². The van der Waals surface area contributed by atoms with Gasteiger partial charge in [0.2, 0.25) is 0 Å². The molecule has 2 fully saturated rings. The van der Waals surface area contributed by atoms with Crippen LogP contribution in [-0.4, -0.2) is 67.2 Å². The first kappa shape index (κ1) is 20.2. The largest absolute Gasteiger partial charge is 0.497 e. The van der Waals surface area contributed by atoms with E-state index in [1.165, 1.54) is 0 Å². The number of carboxylic acid groups (broad SMARTS) is 1. The quantitative estimate of drug-likeness (QED) is 0.789. The Hall–Kier alpha value is -3.06. The fourth-order valence-electron chi connectivity index (χ4n) is 4.82. The average Bonchev–Trinajstić information content (AvgIpc) is 3.30. The van der Waals surface area contributed by atoms with Crippen molar-refractivity contribution >= 4 is 11.9 Å². The average molecular weight is 410 g/mol. The lowest BCUT2D eigenvalue weighted by Gasteiger charge is -2.30. The van der Waals surface area contributed by atoms with E-state index in [1.54, 1.807) is 26.4 Å². The van der Waals surface area contributed by atoms with Crippen LogP contribution in [-0.2, 0) is 4.79 Å². The van der Waals surface area contributed by atoms with Crippen LogP contribution < -0.4 is 9.47 Å². The molecule has 7 heteroatoms. The summed E-state index contributed by atoms with van der Waals surface area (Å²) in [6.45, 7) is 1.99. The van der Waals surface area contributed by atoms with Gasteiger partial charge in [-0.1, -0.05) is 18.2 Å². The molecule has 30 heavy (non-hydrogen) atoms. The van der Waals surface area contributed by atoms with E-state index < -0.39 is 5.97 Å². The van der Waals surface area contributed by atoms with Crippen molar-refractivity contribution in [2.75, 3.05) is 40.4 Å². The Morgan fingerprint density at radius 3 is 2.40 bits per heavy atom. The van der Waals surface area contributed by atoms with Crippen LogP contribution in [0.2, 0.25) is 0 Å². The van der Waals surface area contributed by atoms with Gasteiger partial charge in [-0.25, -0.2) is 0 Å². The predicted octanol–water partition coefficient (Wildman–Crippen LogP) is 2.53. The molecule has 2 aromatic carbocycles. The van der Waals surface area contributed by atoms with Crippen molar-refractivity contribution in [3.05, 3.63) is 59.7 Å². The van der Waals surface area contributed by atoms with Gasteiger partial charge in [0, 0.05) is 31.1 Å². The van der Waals surface area contributed by atoms with E-state index in [0.29, 0.717) is 30.9 Å². The van der Waals surface area contributed by atoms with Crippen molar-refractivity contribution in [3.8, 4) is 11.5 Å². The number of fused-ring (bicyclic) bond motifs is 1. The molecule has 4 rings (SSSR count). The van der Waals surface area contributed by atoms with Gasteiger partial charge in [-0.3, -0.25) is 14.5 Å². The van der Waals surface area contributed by atoms with Crippen molar-refractivity contribution in [2.24, 2.45) is 11.8 Å². The van der Waals surface area contributed by atoms with Gasteiger partial charge in [0.25, 0.3) is 5.91 Å². The number of methoxy groups -OCH3 is 2. The van der Waals surface area contributed by atoms with E-state index in [2.05, 4.69) is 0 Å². The normalized spacial score (nSPS) is 23.3. The zero-order chi connectivity index (χ0) is 21.3. The second-order valence-electron chi connectivity index (χ2n) is 7.92. The molecular weight excluding hydrogens is 384 g/mol. The van der Waals surface area contributed by atoms with Crippen molar-refractivity contribution in [1.82, 2.24) is 9.80 Å². The molecule has 1 amide bonds. The van der Waals surface area contributed by atoms with Gasteiger partial charge in [-0.05, 0) is 41.8 Å². The molecule has 158 valence electrons. The zero-order valence-electron chi connectivity index (χ0n) is 17.2. The number of carbonyl (C=O) groups excluding carboxylic acids is 1. The molecular formula is C23H26N2O5. The molecule has 2 aliphatic heterocycles. The van der Waals surface area contributed by atoms with Gasteiger partial charge in [-0.2, -0.15) is 0 Å². The number of hydrogen-bond donors (Lipinski definition) is 1. The van der Waals surface area contributed by atoms with E-state index in [4.69, 9.17) is 9.47 Å². The topological polar surface area (TPSA) is 79.3 Å². The minimum atomic E-state index is -0.819. The first-order valence-electron chi connectivity index (χ1n) is 10.0. The van der Waals surface area contributed by atoms with Crippen molar-refractivity contribution in [1.29, 1.82) is 0 Å². The molecule has 0 radical (unpaired) electrons. The summed E-state index contributed by atoms with van der Waals surface area (Å²) in [5.41, 5.74) is 1.63. The van der Waals surface area contributed by atoms with Crippen molar-refractivity contribution < 1.29 is 24.2 Å². The van der Waals surface area contributed by atoms with Crippen LogP contribution in [0.1, 0.15) is 22.0 Å². The summed E-state index contributed by atoms with van der Waals surface area (Å²) in [5, 5.41) is 9.18. The van der Waals surface area contributed by atoms with Gasteiger partial charge in [0.15, 0.2) is 0 Å². The molecule has 0 aromatic heterocycles. The first-order chi connectivity index (χ1) is 14.5. The van der Waals surface area contributed by atoms with E-state index in [1.807, 2.05) is 46.2 Å². The number of ether oxygens (including phenoxy) is 2. The number of hydrogen-bond acceptors (Lipinski definition) is 5. The summed E-state index contributed by atoms with van der Waals surface area (Å²) in [6.07, 6.45) is 0. The van der Waals surface area contributed by atoms with Gasteiger partial charge < -0.3 is 19.5 Å². The highest BCUT2D eigenvalue weighted by Gasteiger charge is 2.49. The van der Waals surface area contributed by atoms with E-state index in [0.717, 1.165) is 11.3 Å². The molecule has 2 saturated heterocycles. The highest BCUT2D eigenvalue weighted by atomic mass is 16.5. The fraction of sp³-hybridized carbons (Fsp3) is 0.391. The van der Waals surface area contributed by atoms with Crippen LogP contribution in [0, 0.1) is 11.8 Å². The molecule has 0 saturated carbocycles. The SMILES string of the molecule is COc1ccc([C@H]2[C@H]3CN(CC(=O)O)C[C@H]3CN2C(=O)c2cccc(OC)c2)cc1. The number of carbonyl (C=O) groups is 2. The zero-order valence-corrected chi connectivity index (χ0v) is 17.2. The highest BCUT2D eigenvalue weighted by molar-refractivity contribution is 5.95. The van der Waals surface area contributed by atoms with Crippen LogP contribution in [0.3, 0.4) is 0 Å². The summed E-state index contributed by atoms with van der Waals surface area (Å²) in [4.78, 5) is 28.5. The molecule has 0 unspecified atom stereocenters. The molecule has 3 atom stereocenters. The lowest BCUT2D eigenvalue weighted by molar-refractivity contribution is -0.138. The third-order valence-corrected chi connectivity index (χ3v) is 6.13. The lowest BCUT2D eigenvalue weighted by atomic mass is 9.89. The number of aliphatic carboxylic acids is 1. The van der Waals surface area contributed by atoms with E-state index >= 15 is 0 Å². The Labute approximate surface area is 175 Å². The van der Waals surface area contributed by atoms with Crippen molar-refractivity contribution in [3.63, 3.8) is 0 Å². The van der Waals surface area contributed by atoms with Crippen LogP contribution >= 0.6 is 0 Å². The molecule has 2 heterocycles. The molecule has 0 bridgehead atoms. The Morgan fingerprint density at radius 1 is 1.00 bits per heavy atom. The van der Waals surface area contributed by atoms with Crippen LogP contribution in [0.4, 0.5) is 0 Å². The van der Waals surface area contributed by atoms with Gasteiger partial charge >= 0.3 is 5.97 Å². The number of amides is 1. The Morgan fingerprint density at radius 2 is 1.73 bits per heavy atom. The summed E-state index contributed by atoms with van der Waals surface area (Å²) in [7, 11) is 3.21. The maximum absolute atomic E-state index is 13.5. The highest BCUT2D eigenvalue weighted by Crippen LogP contribution is 2.45. The fourth-order valence-corrected chi connectivity index (χ4v) is 4.82. The maximum Gasteiger partial charge on any atom is 0.317 e. The second kappa shape index (κ2) is 8.36. The smallest absolute Gasteiger partial charge is 0.317 e. The molecule has 2 aromatic rings. The molecule has 1 N–H and O–H groups in total. The minimum Gasteiger partial charge on any atom is -0.497 e. The summed E-state index contributed by atoms with van der Waals surface area (Å²) < 4.78 is 10.6. The van der Waals surface area contributed by atoms with Crippen molar-refractivity contribution in [2.45, 2.75) is 6.04 Å². The molecule has 7 nitrogen and oxygen atoms in total. The summed E-state index contributed by atoms with van der Waals surface area (Å²) in [5.74, 6) is 0.985. The van der Waals surface area contributed by atoms with Gasteiger partial charge in [0.1, 0.15) is 11.5 Å². The number of carboxylic acids is 1. The minimum absolute atomic E-state index is 0.0334. The predicted molar refractivity (Wildman–Crippen MR) is 111 cm³/mol. The molecule has 2 aliphatic rings. The van der Waals surface area contributed by atoms with Crippen LogP contribution in [0.25, 0.3) is 0 Å². The summed E-state index contributed by atoms with van der Waals surface area (Å²) >= 11 is 0. The Bertz CT molecular complexity index is 929. The third kappa shape index (κ3) is 3.85. The number of likely N-dealkylation sites (tertiary alicyclic amines) is 2. The Kier molecular flexibility index (Phi) is 5.63. The molecule has 0 spiro atoms. The maximum atomic E-state index is 13.5. The summed E-state index contributed by atoms with van der Waals surface area (Å²) in [6, 6.07) is 14.9. The second-order valence-corrected chi connectivity index (χ2v) is 7.92. The van der Waals surface area contributed by atoms with Gasteiger partial charge in [-0.15, -0.1) is 0 Å². The van der Waals surface area contributed by atoms with E-state index in [9.17, 15) is 14.7 Å². The lowest BCUT2D eigenvalue weighted by Crippen LogP contribution is -2.37. The van der Waals surface area contributed by atoms with Crippen LogP contribution in [0.5, 0.6) is 11.5 Å². The number of rotatable bonds is 6. The monoisotopic (exact) mass is 410 g/mol. The van der Waals surface area contributed by atoms with Crippen LogP contribution in [0.15, 0.2) is 48.5 Å². The molecule has 0 aliphatic carbocycles. The first-order valence-corrected chi connectivity index (χ1v) is 10.0. The van der Waals surface area contributed by atoms with Gasteiger partial charge in [0.05, 0.1) is 26.8 Å².